The Hall–Kier alpha value is -3.41. The van der Waals surface area contributed by atoms with Crippen molar-refractivity contribution in [2.45, 2.75) is 63.8 Å². The van der Waals surface area contributed by atoms with Crippen molar-refractivity contribution in [3.63, 3.8) is 0 Å². The summed E-state index contributed by atoms with van der Waals surface area (Å²) in [7, 11) is 0. The highest BCUT2D eigenvalue weighted by atomic mass is 16.7. The fourth-order valence-electron chi connectivity index (χ4n) is 5.54. The van der Waals surface area contributed by atoms with Gasteiger partial charge in [-0.05, 0) is 73.9 Å². The van der Waals surface area contributed by atoms with Gasteiger partial charge in [0.1, 0.15) is 12.1 Å². The molecule has 0 spiro atoms. The van der Waals surface area contributed by atoms with E-state index >= 15 is 0 Å². The molecule has 7 heteroatoms. The number of aromatic nitrogens is 1. The Morgan fingerprint density at radius 2 is 2.00 bits per heavy atom. The lowest BCUT2D eigenvalue weighted by Gasteiger charge is -2.24. The van der Waals surface area contributed by atoms with E-state index in [1.54, 1.807) is 12.0 Å². The second-order valence-corrected chi connectivity index (χ2v) is 10.5. The fourth-order valence-corrected chi connectivity index (χ4v) is 5.54. The lowest BCUT2D eigenvalue weighted by Crippen LogP contribution is -2.48. The zero-order valence-electron chi connectivity index (χ0n) is 22.4. The van der Waals surface area contributed by atoms with Gasteiger partial charge in [-0.1, -0.05) is 48.2 Å². The van der Waals surface area contributed by atoms with Gasteiger partial charge in [0.2, 0.25) is 5.91 Å². The number of aromatic amines is 1. The van der Waals surface area contributed by atoms with Gasteiger partial charge in [-0.25, -0.2) is 0 Å². The molecule has 39 heavy (non-hydrogen) atoms. The number of rotatable bonds is 8. The van der Waals surface area contributed by atoms with E-state index in [-0.39, 0.29) is 12.5 Å². The minimum Gasteiger partial charge on any atom is -0.396 e. The monoisotopic (exact) mass is 527 g/mol. The Morgan fingerprint density at radius 3 is 2.74 bits per heavy atom. The highest BCUT2D eigenvalue weighted by Gasteiger charge is 2.48. The maximum Gasteiger partial charge on any atom is 0.240 e. The van der Waals surface area contributed by atoms with Crippen molar-refractivity contribution in [1.29, 1.82) is 0 Å². The number of allylic oxidation sites excluding steroid dienone is 2. The van der Waals surface area contributed by atoms with E-state index in [1.807, 2.05) is 48.7 Å². The number of hydrogen-bond donors (Lipinski definition) is 4. The van der Waals surface area contributed by atoms with Crippen LogP contribution in [0.25, 0.3) is 10.9 Å². The number of H-pyrrole nitrogens is 1. The Bertz CT molecular complexity index is 1370. The van der Waals surface area contributed by atoms with E-state index in [0.717, 1.165) is 40.4 Å². The Kier molecular flexibility index (Phi) is 8.80. The van der Waals surface area contributed by atoms with Gasteiger partial charge in [-0.2, -0.15) is 5.06 Å². The average molecular weight is 528 g/mol. The first-order chi connectivity index (χ1) is 19.0. The molecule has 0 radical (unpaired) electrons. The molecule has 7 nitrogen and oxygen atoms in total. The van der Waals surface area contributed by atoms with Gasteiger partial charge >= 0.3 is 0 Å². The lowest BCUT2D eigenvalue weighted by molar-refractivity contribution is -0.192. The SMILES string of the molecule is C[C@@H](O)[C@H]1ON(Cc2ccc(C#CC3=CCCCC3)cc2)[C@@H](C(=O)NCCc2c[nH]c3ccccc23)[C@H]1CO. The minimum absolute atomic E-state index is 0.222. The van der Waals surface area contributed by atoms with Crippen LogP contribution in [-0.2, 0) is 22.6 Å². The summed E-state index contributed by atoms with van der Waals surface area (Å²) in [6.07, 6.45) is 7.99. The smallest absolute Gasteiger partial charge is 0.240 e. The summed E-state index contributed by atoms with van der Waals surface area (Å²) in [6.45, 7) is 2.15. The Morgan fingerprint density at radius 1 is 1.18 bits per heavy atom. The average Bonchev–Trinajstić information content (AvgIpc) is 3.54. The van der Waals surface area contributed by atoms with Gasteiger partial charge in [0.05, 0.1) is 19.3 Å². The summed E-state index contributed by atoms with van der Waals surface area (Å²) in [4.78, 5) is 22.7. The van der Waals surface area contributed by atoms with Crippen LogP contribution in [0.1, 0.15) is 49.3 Å². The van der Waals surface area contributed by atoms with Gasteiger partial charge in [-0.3, -0.25) is 9.63 Å². The van der Waals surface area contributed by atoms with E-state index in [2.05, 4.69) is 34.3 Å². The molecular weight excluding hydrogens is 490 g/mol. The van der Waals surface area contributed by atoms with Crippen LogP contribution in [0, 0.1) is 17.8 Å². The molecule has 5 rings (SSSR count). The molecule has 2 aliphatic rings. The number of aliphatic hydroxyl groups excluding tert-OH is 2. The highest BCUT2D eigenvalue weighted by molar-refractivity contribution is 5.84. The molecule has 4 N–H and O–H groups in total. The first-order valence-corrected chi connectivity index (χ1v) is 13.9. The number of carbonyl (C=O) groups excluding carboxylic acids is 1. The number of fused-ring (bicyclic) bond motifs is 1. The molecule has 1 aromatic heterocycles. The van der Waals surface area contributed by atoms with Crippen molar-refractivity contribution in [3.8, 4) is 11.8 Å². The molecule has 0 saturated carbocycles. The molecule has 204 valence electrons. The quantitative estimate of drug-likeness (QED) is 0.334. The van der Waals surface area contributed by atoms with Crippen LogP contribution in [0.2, 0.25) is 0 Å². The van der Waals surface area contributed by atoms with Gasteiger partial charge in [0.25, 0.3) is 0 Å². The second-order valence-electron chi connectivity index (χ2n) is 10.5. The minimum atomic E-state index is -0.833. The number of nitrogens with zero attached hydrogens (tertiary/aromatic N) is 1. The molecule has 0 unspecified atom stereocenters. The van der Waals surface area contributed by atoms with Crippen LogP contribution in [0.5, 0.6) is 0 Å². The van der Waals surface area contributed by atoms with Crippen molar-refractivity contribution >= 4 is 16.8 Å². The van der Waals surface area contributed by atoms with Crippen LogP contribution in [-0.4, -0.2) is 57.6 Å². The van der Waals surface area contributed by atoms with Crippen LogP contribution < -0.4 is 5.32 Å². The number of amides is 1. The molecule has 3 aromatic rings. The standard InChI is InChI=1S/C32H37N3O4/c1-22(37)31-28(21-36)30(32(38)33-18-17-26-19-34-29-10-6-5-9-27(26)29)35(39-31)20-25-15-13-24(14-16-25)12-11-23-7-3-2-4-8-23/h5-7,9-10,13-16,19,22,28,30-31,34,36-37H,2-4,8,17-18,20-21H2,1H3,(H,33,38)/t22-,28-,30-,31-/m1/s1. The number of carbonyl (C=O) groups is 1. The van der Waals surface area contributed by atoms with E-state index < -0.39 is 24.2 Å². The van der Waals surface area contributed by atoms with Crippen molar-refractivity contribution in [3.05, 3.63) is 83.1 Å². The zero-order valence-corrected chi connectivity index (χ0v) is 22.4. The van der Waals surface area contributed by atoms with Crippen LogP contribution >= 0.6 is 0 Å². The third-order valence-corrected chi connectivity index (χ3v) is 7.67. The van der Waals surface area contributed by atoms with Crippen molar-refractivity contribution in [1.82, 2.24) is 15.4 Å². The fraction of sp³-hybridized carbons (Fsp3) is 0.406. The molecule has 1 aliphatic heterocycles. The summed E-state index contributed by atoms with van der Waals surface area (Å²) in [5.41, 5.74) is 5.31. The first-order valence-electron chi connectivity index (χ1n) is 13.9. The molecule has 4 atom stereocenters. The second kappa shape index (κ2) is 12.6. The van der Waals surface area contributed by atoms with Gasteiger partial charge in [0, 0.05) is 35.1 Å². The number of aliphatic hydroxyl groups is 2. The molecule has 2 aromatic carbocycles. The maximum absolute atomic E-state index is 13.4. The zero-order chi connectivity index (χ0) is 27.2. The van der Waals surface area contributed by atoms with Crippen molar-refractivity contribution < 1.29 is 19.8 Å². The molecule has 1 amide bonds. The number of para-hydroxylation sites is 1. The summed E-state index contributed by atoms with van der Waals surface area (Å²) < 4.78 is 0. The van der Waals surface area contributed by atoms with Crippen LogP contribution in [0.4, 0.5) is 0 Å². The number of nitrogens with one attached hydrogen (secondary N) is 2. The van der Waals surface area contributed by atoms with E-state index in [9.17, 15) is 15.0 Å². The molecule has 2 heterocycles. The van der Waals surface area contributed by atoms with E-state index in [4.69, 9.17) is 4.84 Å². The topological polar surface area (TPSA) is 97.8 Å². The third-order valence-electron chi connectivity index (χ3n) is 7.67. The predicted molar refractivity (Wildman–Crippen MR) is 151 cm³/mol. The largest absolute Gasteiger partial charge is 0.396 e. The molecule has 1 saturated heterocycles. The molecule has 1 aliphatic carbocycles. The number of hydrogen-bond acceptors (Lipinski definition) is 5. The maximum atomic E-state index is 13.4. The first kappa shape index (κ1) is 27.2. The molecule has 0 bridgehead atoms. The predicted octanol–water partition coefficient (Wildman–Crippen LogP) is 3.85. The van der Waals surface area contributed by atoms with Crippen LogP contribution in [0.3, 0.4) is 0 Å². The number of benzene rings is 2. The lowest BCUT2D eigenvalue weighted by atomic mass is 9.92. The summed E-state index contributed by atoms with van der Waals surface area (Å²) >= 11 is 0. The van der Waals surface area contributed by atoms with Crippen molar-refractivity contribution in [2.24, 2.45) is 5.92 Å². The van der Waals surface area contributed by atoms with Gasteiger partial charge < -0.3 is 20.5 Å². The van der Waals surface area contributed by atoms with E-state index in [0.29, 0.717) is 19.5 Å². The molecule has 1 fully saturated rings. The van der Waals surface area contributed by atoms with Crippen molar-refractivity contribution in [2.75, 3.05) is 13.2 Å². The Balaban J connectivity index is 1.25. The Labute approximate surface area is 229 Å². The molecular formula is C32H37N3O4. The summed E-state index contributed by atoms with van der Waals surface area (Å²) in [6, 6.07) is 15.3. The summed E-state index contributed by atoms with van der Waals surface area (Å²) in [5, 5.41) is 26.3. The highest BCUT2D eigenvalue weighted by Crippen LogP contribution is 2.31. The third kappa shape index (κ3) is 6.43. The number of hydroxylamine groups is 2. The van der Waals surface area contributed by atoms with E-state index in [1.165, 1.54) is 18.4 Å². The van der Waals surface area contributed by atoms with Gasteiger partial charge in [-0.15, -0.1) is 0 Å². The van der Waals surface area contributed by atoms with Gasteiger partial charge in [0.15, 0.2) is 0 Å². The normalized spacial score (nSPS) is 22.2. The summed E-state index contributed by atoms with van der Waals surface area (Å²) in [5.74, 6) is 5.77. The van der Waals surface area contributed by atoms with Crippen LogP contribution in [0.15, 0.2) is 66.4 Å².